The molecule has 2 aliphatic rings. The zero-order chi connectivity index (χ0) is 14.2. The molecule has 0 spiro atoms. The van der Waals surface area contributed by atoms with E-state index in [2.05, 4.69) is 24.3 Å². The molecule has 1 aliphatic carbocycles. The fourth-order valence-corrected chi connectivity index (χ4v) is 4.32. The van der Waals surface area contributed by atoms with E-state index in [0.29, 0.717) is 0 Å². The lowest BCUT2D eigenvalue weighted by atomic mass is 9.85. The number of hydrogen-bond acceptors (Lipinski definition) is 4. The molecule has 0 aromatic heterocycles. The van der Waals surface area contributed by atoms with Crippen LogP contribution >= 0.6 is 11.8 Å². The second kappa shape index (κ2) is 5.28. The standard InChI is InChI=1S/C16H18O3S/c1-17-11-8-9-15-13(10-11)16(18-2,19-3)12-6-4-5-7-14(12)20-15/h4-10,13,15H,1-3H3. The summed E-state index contributed by atoms with van der Waals surface area (Å²) < 4.78 is 17.1. The molecular formula is C16H18O3S. The third-order valence-electron chi connectivity index (χ3n) is 3.95. The van der Waals surface area contributed by atoms with Gasteiger partial charge in [0.1, 0.15) is 5.76 Å². The van der Waals surface area contributed by atoms with Crippen molar-refractivity contribution in [2.45, 2.75) is 15.9 Å². The highest BCUT2D eigenvalue weighted by atomic mass is 32.2. The molecule has 0 N–H and O–H groups in total. The zero-order valence-corrected chi connectivity index (χ0v) is 12.6. The van der Waals surface area contributed by atoms with Gasteiger partial charge in [-0.15, -0.1) is 11.8 Å². The van der Waals surface area contributed by atoms with Gasteiger partial charge in [0.15, 0.2) is 0 Å². The van der Waals surface area contributed by atoms with E-state index in [0.717, 1.165) is 11.3 Å². The molecule has 0 saturated carbocycles. The van der Waals surface area contributed by atoms with Gasteiger partial charge in [0, 0.05) is 29.9 Å². The van der Waals surface area contributed by atoms with E-state index in [-0.39, 0.29) is 11.2 Å². The summed E-state index contributed by atoms with van der Waals surface area (Å²) in [7, 11) is 5.08. The molecule has 1 aromatic rings. The van der Waals surface area contributed by atoms with Gasteiger partial charge in [-0.3, -0.25) is 0 Å². The van der Waals surface area contributed by atoms with E-state index >= 15 is 0 Å². The molecule has 1 aromatic carbocycles. The van der Waals surface area contributed by atoms with Gasteiger partial charge in [-0.05, 0) is 18.2 Å². The number of ether oxygens (including phenoxy) is 3. The first-order valence-corrected chi connectivity index (χ1v) is 7.43. The molecule has 1 aliphatic heterocycles. The average molecular weight is 290 g/mol. The van der Waals surface area contributed by atoms with Crippen molar-refractivity contribution in [1.29, 1.82) is 0 Å². The Labute approximate surface area is 123 Å². The molecule has 20 heavy (non-hydrogen) atoms. The number of allylic oxidation sites excluding steroid dienone is 1. The lowest BCUT2D eigenvalue weighted by Gasteiger charge is -2.45. The smallest absolute Gasteiger partial charge is 0.203 e. The second-order valence-corrected chi connectivity index (χ2v) is 6.03. The molecule has 1 heterocycles. The van der Waals surface area contributed by atoms with Crippen LogP contribution in [-0.4, -0.2) is 26.6 Å². The number of fused-ring (bicyclic) bond motifs is 2. The number of hydrogen-bond donors (Lipinski definition) is 0. The molecule has 2 atom stereocenters. The van der Waals surface area contributed by atoms with Gasteiger partial charge >= 0.3 is 0 Å². The third kappa shape index (κ3) is 1.91. The van der Waals surface area contributed by atoms with Crippen molar-refractivity contribution < 1.29 is 14.2 Å². The Kier molecular flexibility index (Phi) is 3.63. The Morgan fingerprint density at radius 2 is 1.85 bits per heavy atom. The quantitative estimate of drug-likeness (QED) is 0.798. The predicted octanol–water partition coefficient (Wildman–Crippen LogP) is 3.32. The molecule has 106 valence electrons. The fraction of sp³-hybridized carbons (Fsp3) is 0.375. The van der Waals surface area contributed by atoms with Crippen molar-refractivity contribution in [2.75, 3.05) is 21.3 Å². The van der Waals surface area contributed by atoms with Crippen molar-refractivity contribution in [2.24, 2.45) is 5.92 Å². The summed E-state index contributed by atoms with van der Waals surface area (Å²) in [4.78, 5) is 1.20. The van der Waals surface area contributed by atoms with Gasteiger partial charge < -0.3 is 14.2 Å². The molecule has 4 heteroatoms. The summed E-state index contributed by atoms with van der Waals surface area (Å²) in [5.74, 6) is 0.170. The minimum atomic E-state index is -0.763. The Morgan fingerprint density at radius 1 is 1.10 bits per heavy atom. The van der Waals surface area contributed by atoms with E-state index in [4.69, 9.17) is 14.2 Å². The number of rotatable bonds is 3. The minimum absolute atomic E-state index is 0.0809. The summed E-state index contributed by atoms with van der Waals surface area (Å²) >= 11 is 1.84. The molecule has 0 saturated heterocycles. The molecule has 0 fully saturated rings. The van der Waals surface area contributed by atoms with Crippen LogP contribution in [0.1, 0.15) is 5.56 Å². The highest BCUT2D eigenvalue weighted by Crippen LogP contribution is 2.52. The molecule has 0 bridgehead atoms. The predicted molar refractivity (Wildman–Crippen MR) is 79.5 cm³/mol. The molecule has 2 unspecified atom stereocenters. The number of methoxy groups -OCH3 is 3. The maximum Gasteiger partial charge on any atom is 0.203 e. The lowest BCUT2D eigenvalue weighted by Crippen LogP contribution is -2.46. The molecular weight excluding hydrogens is 272 g/mol. The Hall–Kier alpha value is -1.23. The van der Waals surface area contributed by atoms with Crippen molar-refractivity contribution in [3.63, 3.8) is 0 Å². The van der Waals surface area contributed by atoms with Crippen LogP contribution in [0.5, 0.6) is 0 Å². The maximum absolute atomic E-state index is 5.85. The van der Waals surface area contributed by atoms with Crippen LogP contribution in [0.15, 0.2) is 53.1 Å². The normalized spacial score (nSPS) is 26.4. The van der Waals surface area contributed by atoms with Gasteiger partial charge in [0.2, 0.25) is 5.79 Å². The van der Waals surface area contributed by atoms with Gasteiger partial charge in [0.05, 0.1) is 13.0 Å². The van der Waals surface area contributed by atoms with E-state index in [9.17, 15) is 0 Å². The lowest BCUT2D eigenvalue weighted by molar-refractivity contribution is -0.242. The monoisotopic (exact) mass is 290 g/mol. The molecule has 0 amide bonds. The molecule has 3 nitrogen and oxygen atoms in total. The van der Waals surface area contributed by atoms with Crippen molar-refractivity contribution in [3.8, 4) is 0 Å². The number of thioether (sulfide) groups is 1. The first kappa shape index (κ1) is 13.7. The van der Waals surface area contributed by atoms with E-state index < -0.39 is 5.79 Å². The second-order valence-electron chi connectivity index (χ2n) is 4.81. The van der Waals surface area contributed by atoms with Crippen LogP contribution < -0.4 is 0 Å². The Morgan fingerprint density at radius 3 is 2.55 bits per heavy atom. The Balaban J connectivity index is 2.15. The van der Waals surface area contributed by atoms with Gasteiger partial charge in [-0.25, -0.2) is 0 Å². The third-order valence-corrected chi connectivity index (χ3v) is 5.29. The van der Waals surface area contributed by atoms with Crippen LogP contribution in [0.3, 0.4) is 0 Å². The van der Waals surface area contributed by atoms with Crippen molar-refractivity contribution in [3.05, 3.63) is 53.8 Å². The highest BCUT2D eigenvalue weighted by molar-refractivity contribution is 8.00. The van der Waals surface area contributed by atoms with Crippen LogP contribution in [0.4, 0.5) is 0 Å². The SMILES string of the molecule is COC1=CC2C(C=C1)Sc1ccccc1C2(OC)OC. The van der Waals surface area contributed by atoms with Crippen LogP contribution in [0.25, 0.3) is 0 Å². The van der Waals surface area contributed by atoms with Crippen LogP contribution in [0, 0.1) is 5.92 Å². The summed E-state index contributed by atoms with van der Waals surface area (Å²) in [5, 5.41) is 0.281. The van der Waals surface area contributed by atoms with Gasteiger partial charge in [-0.1, -0.05) is 24.3 Å². The van der Waals surface area contributed by atoms with E-state index in [1.807, 2.05) is 30.0 Å². The van der Waals surface area contributed by atoms with Gasteiger partial charge in [0.25, 0.3) is 0 Å². The largest absolute Gasteiger partial charge is 0.497 e. The van der Waals surface area contributed by atoms with Gasteiger partial charge in [-0.2, -0.15) is 0 Å². The fourth-order valence-electron chi connectivity index (χ4n) is 2.97. The summed E-state index contributed by atoms with van der Waals surface area (Å²) in [5.41, 5.74) is 1.08. The summed E-state index contributed by atoms with van der Waals surface area (Å²) in [6, 6.07) is 8.26. The van der Waals surface area contributed by atoms with Crippen LogP contribution in [-0.2, 0) is 20.0 Å². The molecule has 0 radical (unpaired) electrons. The van der Waals surface area contributed by atoms with E-state index in [1.165, 1.54) is 4.90 Å². The maximum atomic E-state index is 5.85. The highest BCUT2D eigenvalue weighted by Gasteiger charge is 2.49. The van der Waals surface area contributed by atoms with Crippen molar-refractivity contribution in [1.82, 2.24) is 0 Å². The first-order valence-electron chi connectivity index (χ1n) is 6.55. The minimum Gasteiger partial charge on any atom is -0.497 e. The summed E-state index contributed by atoms with van der Waals surface area (Å²) in [6.45, 7) is 0. The average Bonchev–Trinajstić information content (AvgIpc) is 2.52. The summed E-state index contributed by atoms with van der Waals surface area (Å²) in [6.07, 6.45) is 6.27. The first-order chi connectivity index (χ1) is 9.75. The van der Waals surface area contributed by atoms with Crippen molar-refractivity contribution >= 4 is 11.8 Å². The van der Waals surface area contributed by atoms with E-state index in [1.54, 1.807) is 21.3 Å². The molecule has 3 rings (SSSR count). The zero-order valence-electron chi connectivity index (χ0n) is 11.8. The number of benzene rings is 1. The van der Waals surface area contributed by atoms with Crippen LogP contribution in [0.2, 0.25) is 0 Å². The topological polar surface area (TPSA) is 27.7 Å². The Bertz CT molecular complexity index is 561.